The number of aryl methyl sites for hydroxylation is 1. The number of hydrogen-bond donors (Lipinski definition) is 1. The maximum atomic E-state index is 12.6. The van der Waals surface area contributed by atoms with Gasteiger partial charge in [-0.2, -0.15) is 0 Å². The van der Waals surface area contributed by atoms with Gasteiger partial charge in [0, 0.05) is 23.7 Å². The number of benzene rings is 2. The van der Waals surface area contributed by atoms with Crippen molar-refractivity contribution in [2.75, 3.05) is 23.4 Å². The molecule has 0 saturated carbocycles. The summed E-state index contributed by atoms with van der Waals surface area (Å²) in [7, 11) is 0. The topological polar surface area (TPSA) is 58.6 Å². The number of amides is 2. The summed E-state index contributed by atoms with van der Waals surface area (Å²) >= 11 is 6.01. The lowest BCUT2D eigenvalue weighted by Crippen LogP contribution is -2.28. The Morgan fingerprint density at radius 2 is 2.08 bits per heavy atom. The fraction of sp³-hybridized carbons (Fsp3) is 0.300. The highest BCUT2D eigenvalue weighted by Gasteiger charge is 2.36. The Bertz CT molecular complexity index is 838. The van der Waals surface area contributed by atoms with Crippen LogP contribution in [0.4, 0.5) is 11.4 Å². The van der Waals surface area contributed by atoms with Crippen LogP contribution in [0.3, 0.4) is 0 Å². The second-order valence-electron chi connectivity index (χ2n) is 6.25. The maximum Gasteiger partial charge on any atom is 0.229 e. The highest BCUT2D eigenvalue weighted by Crippen LogP contribution is 2.33. The third-order valence-electron chi connectivity index (χ3n) is 4.41. The average Bonchev–Trinajstić information content (AvgIpc) is 3.01. The Morgan fingerprint density at radius 1 is 1.31 bits per heavy atom. The Morgan fingerprint density at radius 3 is 2.85 bits per heavy atom. The van der Waals surface area contributed by atoms with Crippen molar-refractivity contribution in [1.29, 1.82) is 0 Å². The van der Waals surface area contributed by atoms with Crippen LogP contribution in [-0.2, 0) is 9.59 Å². The van der Waals surface area contributed by atoms with E-state index in [2.05, 4.69) is 5.32 Å². The summed E-state index contributed by atoms with van der Waals surface area (Å²) in [5, 5.41) is 3.45. The van der Waals surface area contributed by atoms with Crippen LogP contribution in [0.1, 0.15) is 18.9 Å². The number of ether oxygens (including phenoxy) is 1. The highest BCUT2D eigenvalue weighted by molar-refractivity contribution is 6.31. The fourth-order valence-corrected chi connectivity index (χ4v) is 3.21. The first-order valence-corrected chi connectivity index (χ1v) is 8.96. The monoisotopic (exact) mass is 372 g/mol. The van der Waals surface area contributed by atoms with E-state index in [1.807, 2.05) is 44.2 Å². The van der Waals surface area contributed by atoms with Gasteiger partial charge in [0.25, 0.3) is 0 Å². The minimum atomic E-state index is -0.421. The Labute approximate surface area is 157 Å². The molecule has 0 bridgehead atoms. The van der Waals surface area contributed by atoms with E-state index in [-0.39, 0.29) is 18.2 Å². The number of nitrogens with zero attached hydrogens (tertiary/aromatic N) is 1. The molecule has 0 aliphatic carbocycles. The van der Waals surface area contributed by atoms with Crippen LogP contribution in [0.2, 0.25) is 5.02 Å². The first-order valence-electron chi connectivity index (χ1n) is 8.58. The molecule has 2 amide bonds. The van der Waals surface area contributed by atoms with Crippen molar-refractivity contribution >= 4 is 34.8 Å². The highest BCUT2D eigenvalue weighted by atomic mass is 35.5. The van der Waals surface area contributed by atoms with Gasteiger partial charge in [-0.15, -0.1) is 0 Å². The van der Waals surface area contributed by atoms with Gasteiger partial charge in [0.05, 0.1) is 18.2 Å². The van der Waals surface area contributed by atoms with Gasteiger partial charge >= 0.3 is 0 Å². The van der Waals surface area contributed by atoms with Gasteiger partial charge in [0.1, 0.15) is 5.75 Å². The van der Waals surface area contributed by atoms with E-state index in [1.54, 1.807) is 17.0 Å². The van der Waals surface area contributed by atoms with E-state index in [0.29, 0.717) is 35.3 Å². The molecular weight excluding hydrogens is 352 g/mol. The molecule has 1 heterocycles. The van der Waals surface area contributed by atoms with Gasteiger partial charge < -0.3 is 15.0 Å². The zero-order valence-electron chi connectivity index (χ0n) is 14.8. The molecule has 1 fully saturated rings. The lowest BCUT2D eigenvalue weighted by atomic mass is 10.1. The lowest BCUT2D eigenvalue weighted by Gasteiger charge is -2.20. The standard InChI is InChI=1S/C20H21ClN2O3/c1-3-26-18-7-5-4-6-17(18)23-12-14(10-19(23)24)20(25)22-16-11-15(21)9-8-13(16)2/h4-9,11,14H,3,10,12H2,1-2H3,(H,22,25)/t14-/m1/s1. The predicted molar refractivity (Wildman–Crippen MR) is 103 cm³/mol. The number of hydrogen-bond acceptors (Lipinski definition) is 3. The second-order valence-corrected chi connectivity index (χ2v) is 6.69. The molecule has 136 valence electrons. The van der Waals surface area contributed by atoms with Gasteiger partial charge in [-0.25, -0.2) is 0 Å². The quantitative estimate of drug-likeness (QED) is 0.861. The molecule has 2 aromatic rings. The number of carbonyl (C=O) groups is 2. The van der Waals surface area contributed by atoms with E-state index >= 15 is 0 Å². The number of carbonyl (C=O) groups excluding carboxylic acids is 2. The molecule has 6 heteroatoms. The molecule has 26 heavy (non-hydrogen) atoms. The molecule has 5 nitrogen and oxygen atoms in total. The van der Waals surface area contributed by atoms with Crippen molar-refractivity contribution in [3.63, 3.8) is 0 Å². The van der Waals surface area contributed by atoms with Crippen molar-refractivity contribution in [3.8, 4) is 5.75 Å². The molecule has 1 saturated heterocycles. The molecular formula is C20H21ClN2O3. The number of anilines is 2. The molecule has 0 radical (unpaired) electrons. The predicted octanol–water partition coefficient (Wildman–Crippen LogP) is 4.04. The van der Waals surface area contributed by atoms with Crippen LogP contribution in [0.25, 0.3) is 0 Å². The molecule has 0 unspecified atom stereocenters. The summed E-state index contributed by atoms with van der Waals surface area (Å²) in [5.41, 5.74) is 2.29. The summed E-state index contributed by atoms with van der Waals surface area (Å²) in [5.74, 6) is -0.0362. The van der Waals surface area contributed by atoms with E-state index in [0.717, 1.165) is 5.56 Å². The summed E-state index contributed by atoms with van der Waals surface area (Å²) in [6, 6.07) is 12.7. The first kappa shape index (κ1) is 18.3. The van der Waals surface area contributed by atoms with Gasteiger partial charge in [0.2, 0.25) is 11.8 Å². The largest absolute Gasteiger partial charge is 0.492 e. The van der Waals surface area contributed by atoms with Crippen LogP contribution in [0.5, 0.6) is 5.75 Å². The van der Waals surface area contributed by atoms with E-state index < -0.39 is 5.92 Å². The summed E-state index contributed by atoms with van der Waals surface area (Å²) < 4.78 is 5.61. The fourth-order valence-electron chi connectivity index (χ4n) is 3.04. The number of rotatable bonds is 5. The molecule has 0 aromatic heterocycles. The molecule has 0 spiro atoms. The molecule has 1 aliphatic rings. The van der Waals surface area contributed by atoms with Crippen molar-refractivity contribution in [3.05, 3.63) is 53.1 Å². The SMILES string of the molecule is CCOc1ccccc1N1C[C@H](C(=O)Nc2cc(Cl)ccc2C)CC1=O. The summed E-state index contributed by atoms with van der Waals surface area (Å²) in [4.78, 5) is 26.8. The van der Waals surface area contributed by atoms with Crippen molar-refractivity contribution in [2.45, 2.75) is 20.3 Å². The zero-order chi connectivity index (χ0) is 18.7. The lowest BCUT2D eigenvalue weighted by molar-refractivity contribution is -0.122. The summed E-state index contributed by atoms with van der Waals surface area (Å²) in [6.45, 7) is 4.63. The number of halogens is 1. The number of nitrogens with one attached hydrogen (secondary N) is 1. The van der Waals surface area contributed by atoms with Crippen LogP contribution in [0.15, 0.2) is 42.5 Å². The van der Waals surface area contributed by atoms with Gasteiger partial charge in [-0.05, 0) is 43.7 Å². The zero-order valence-corrected chi connectivity index (χ0v) is 15.5. The minimum absolute atomic E-state index is 0.0832. The van der Waals surface area contributed by atoms with Crippen LogP contribution in [-0.4, -0.2) is 25.0 Å². The van der Waals surface area contributed by atoms with Gasteiger partial charge in [-0.1, -0.05) is 29.8 Å². The third kappa shape index (κ3) is 3.83. The molecule has 1 aliphatic heterocycles. The first-order chi connectivity index (χ1) is 12.5. The number of para-hydroxylation sites is 2. The maximum absolute atomic E-state index is 12.6. The van der Waals surface area contributed by atoms with Crippen LogP contribution in [0, 0.1) is 12.8 Å². The Kier molecular flexibility index (Phi) is 5.47. The Hall–Kier alpha value is -2.53. The smallest absolute Gasteiger partial charge is 0.229 e. The summed E-state index contributed by atoms with van der Waals surface area (Å²) in [6.07, 6.45) is 0.173. The molecule has 2 aromatic carbocycles. The third-order valence-corrected chi connectivity index (χ3v) is 4.64. The van der Waals surface area contributed by atoms with E-state index in [1.165, 1.54) is 0 Å². The van der Waals surface area contributed by atoms with Gasteiger partial charge in [-0.3, -0.25) is 9.59 Å². The molecule has 3 rings (SSSR count). The average molecular weight is 373 g/mol. The normalized spacial score (nSPS) is 16.7. The van der Waals surface area contributed by atoms with Crippen molar-refractivity contribution in [1.82, 2.24) is 0 Å². The Balaban J connectivity index is 1.75. The second kappa shape index (κ2) is 7.79. The minimum Gasteiger partial charge on any atom is -0.492 e. The molecule has 1 N–H and O–H groups in total. The van der Waals surface area contributed by atoms with Gasteiger partial charge in [0.15, 0.2) is 0 Å². The van der Waals surface area contributed by atoms with Crippen molar-refractivity contribution < 1.29 is 14.3 Å². The van der Waals surface area contributed by atoms with Crippen LogP contribution < -0.4 is 15.0 Å². The van der Waals surface area contributed by atoms with Crippen molar-refractivity contribution in [2.24, 2.45) is 5.92 Å². The van der Waals surface area contributed by atoms with Crippen LogP contribution >= 0.6 is 11.6 Å². The van der Waals surface area contributed by atoms with E-state index in [4.69, 9.17) is 16.3 Å². The molecule has 1 atom stereocenters. The van der Waals surface area contributed by atoms with E-state index in [9.17, 15) is 9.59 Å².